The van der Waals surface area contributed by atoms with Crippen LogP contribution in [0.25, 0.3) is 0 Å². The molecule has 2 atom stereocenters. The minimum atomic E-state index is -3.97. The monoisotopic (exact) mass is 517 g/mol. The molecule has 3 aliphatic rings. The summed E-state index contributed by atoms with van der Waals surface area (Å²) in [5.74, 6) is -5.83. The van der Waals surface area contributed by atoms with E-state index in [1.165, 1.54) is 19.2 Å². The number of methoxy groups -OCH3 is 1. The van der Waals surface area contributed by atoms with Gasteiger partial charge in [-0.15, -0.1) is 0 Å². The molecule has 1 amide bonds. The SMILES string of the molecule is COCC1(O)C2CC(S(=O)(=O)c3cc(C(=O)Nc4cc(F)c(F)c(F)c4)ccc3Cl)CC1C2C. The summed E-state index contributed by atoms with van der Waals surface area (Å²) in [5.41, 5.74) is -1.51. The highest BCUT2D eigenvalue weighted by Gasteiger charge is 2.64. The number of halogens is 4. The highest BCUT2D eigenvalue weighted by molar-refractivity contribution is 7.92. The van der Waals surface area contributed by atoms with E-state index in [-0.39, 0.29) is 58.4 Å². The molecule has 0 heterocycles. The number of sulfone groups is 1. The fourth-order valence-electron chi connectivity index (χ4n) is 5.42. The summed E-state index contributed by atoms with van der Waals surface area (Å²) in [4.78, 5) is 12.4. The number of nitrogens with one attached hydrogen (secondary N) is 1. The Labute approximate surface area is 200 Å². The van der Waals surface area contributed by atoms with Crippen molar-refractivity contribution < 1.29 is 36.2 Å². The van der Waals surface area contributed by atoms with Gasteiger partial charge in [-0.1, -0.05) is 18.5 Å². The summed E-state index contributed by atoms with van der Waals surface area (Å²) in [6, 6.07) is 4.85. The highest BCUT2D eigenvalue weighted by atomic mass is 35.5. The van der Waals surface area contributed by atoms with Crippen molar-refractivity contribution >= 4 is 33.0 Å². The Morgan fingerprint density at radius 2 is 1.76 bits per heavy atom. The molecular formula is C23H23ClF3NO5S. The first-order valence-corrected chi connectivity index (χ1v) is 12.5. The maximum atomic E-state index is 13.4. The van der Waals surface area contributed by atoms with Gasteiger partial charge in [-0.25, -0.2) is 21.6 Å². The number of hydrogen-bond acceptors (Lipinski definition) is 5. The molecule has 3 aliphatic carbocycles. The second kappa shape index (κ2) is 8.82. The molecular weight excluding hydrogens is 495 g/mol. The van der Waals surface area contributed by atoms with E-state index in [4.69, 9.17) is 16.3 Å². The van der Waals surface area contributed by atoms with Crippen LogP contribution in [0.4, 0.5) is 18.9 Å². The number of fused-ring (bicyclic) bond motifs is 2. The standard InChI is InChI=1S/C23H23ClF3NO5S/c1-11-15-8-14(9-16(11)23(15,30)10-33-2)34(31,32)20-5-12(3-4-17(20)24)22(29)28-13-6-18(25)21(27)19(26)7-13/h3-7,11,14-16,30H,8-10H2,1-2H3,(H,28,29). The maximum Gasteiger partial charge on any atom is 0.255 e. The number of benzene rings is 2. The normalized spacial score (nSPS) is 28.3. The van der Waals surface area contributed by atoms with Gasteiger partial charge in [-0.2, -0.15) is 0 Å². The Morgan fingerprint density at radius 1 is 1.18 bits per heavy atom. The van der Waals surface area contributed by atoms with Crippen molar-refractivity contribution in [1.29, 1.82) is 0 Å². The number of ether oxygens (including phenoxy) is 1. The molecule has 34 heavy (non-hydrogen) atoms. The lowest BCUT2D eigenvalue weighted by Gasteiger charge is -2.62. The summed E-state index contributed by atoms with van der Waals surface area (Å²) in [5, 5.41) is 12.3. The van der Waals surface area contributed by atoms with Crippen molar-refractivity contribution in [2.24, 2.45) is 17.8 Å². The number of carbonyl (C=O) groups excluding carboxylic acids is 1. The van der Waals surface area contributed by atoms with Gasteiger partial charge in [0.05, 0.1) is 27.4 Å². The number of anilines is 1. The van der Waals surface area contributed by atoms with Gasteiger partial charge in [0.15, 0.2) is 27.3 Å². The first kappa shape index (κ1) is 25.0. The smallest absolute Gasteiger partial charge is 0.255 e. The molecule has 184 valence electrons. The Kier molecular flexibility index (Phi) is 6.48. The van der Waals surface area contributed by atoms with Gasteiger partial charge in [-0.05, 0) is 48.8 Å². The fourth-order valence-corrected chi connectivity index (χ4v) is 7.77. The summed E-state index contributed by atoms with van der Waals surface area (Å²) in [7, 11) is -2.48. The number of rotatable bonds is 6. The third-order valence-corrected chi connectivity index (χ3v) is 9.80. The van der Waals surface area contributed by atoms with Crippen LogP contribution in [0.2, 0.25) is 5.02 Å². The van der Waals surface area contributed by atoms with Gasteiger partial charge in [0.1, 0.15) is 0 Å². The molecule has 6 nitrogen and oxygen atoms in total. The summed E-state index contributed by atoms with van der Waals surface area (Å²) < 4.78 is 72.1. The fraction of sp³-hybridized carbons (Fsp3) is 0.435. The Bertz CT molecular complexity index is 1220. The lowest BCUT2D eigenvalue weighted by atomic mass is 9.48. The second-order valence-corrected chi connectivity index (χ2v) is 11.6. The molecule has 0 saturated heterocycles. The summed E-state index contributed by atoms with van der Waals surface area (Å²) in [6.45, 7) is 2.10. The molecule has 0 aliphatic heterocycles. The highest BCUT2D eigenvalue weighted by Crippen LogP contribution is 2.59. The van der Waals surface area contributed by atoms with Gasteiger partial charge in [-0.3, -0.25) is 4.79 Å². The summed E-state index contributed by atoms with van der Waals surface area (Å²) >= 11 is 6.18. The second-order valence-electron chi connectivity index (χ2n) is 8.99. The van der Waals surface area contributed by atoms with Crippen LogP contribution in [0.1, 0.15) is 30.1 Å². The van der Waals surface area contributed by atoms with Crippen molar-refractivity contribution in [3.8, 4) is 0 Å². The molecule has 0 aromatic heterocycles. The third kappa shape index (κ3) is 4.00. The van der Waals surface area contributed by atoms with Crippen LogP contribution in [0.5, 0.6) is 0 Å². The van der Waals surface area contributed by atoms with E-state index in [1.807, 2.05) is 6.92 Å². The van der Waals surface area contributed by atoms with Crippen LogP contribution in [-0.2, 0) is 14.6 Å². The van der Waals surface area contributed by atoms with Crippen LogP contribution in [-0.4, -0.2) is 44.0 Å². The first-order chi connectivity index (χ1) is 15.9. The van der Waals surface area contributed by atoms with Gasteiger partial charge in [0.2, 0.25) is 0 Å². The Balaban J connectivity index is 1.58. The van der Waals surface area contributed by atoms with E-state index in [1.54, 1.807) is 0 Å². The van der Waals surface area contributed by atoms with Crippen molar-refractivity contribution in [2.75, 3.05) is 19.0 Å². The number of hydrogen-bond donors (Lipinski definition) is 2. The summed E-state index contributed by atoms with van der Waals surface area (Å²) in [6.07, 6.45) is 0.446. The van der Waals surface area contributed by atoms with E-state index < -0.39 is 44.0 Å². The Morgan fingerprint density at radius 3 is 2.32 bits per heavy atom. The predicted molar refractivity (Wildman–Crippen MR) is 119 cm³/mol. The van der Waals surface area contributed by atoms with Crippen LogP contribution in [0.15, 0.2) is 35.2 Å². The minimum absolute atomic E-state index is 0.0742. The van der Waals surface area contributed by atoms with Crippen molar-refractivity contribution in [2.45, 2.75) is 35.5 Å². The van der Waals surface area contributed by atoms with E-state index >= 15 is 0 Å². The van der Waals surface area contributed by atoms with Crippen molar-refractivity contribution in [1.82, 2.24) is 0 Å². The van der Waals surface area contributed by atoms with E-state index in [0.29, 0.717) is 12.1 Å². The van der Waals surface area contributed by atoms with E-state index in [9.17, 15) is 31.5 Å². The lowest BCUT2D eigenvalue weighted by molar-refractivity contribution is -0.237. The molecule has 2 bridgehead atoms. The van der Waals surface area contributed by atoms with E-state index in [2.05, 4.69) is 5.32 Å². The number of carbonyl (C=O) groups is 1. The zero-order chi connectivity index (χ0) is 25.0. The average molecular weight is 518 g/mol. The molecule has 5 rings (SSSR count). The molecule has 3 saturated carbocycles. The molecule has 0 radical (unpaired) electrons. The van der Waals surface area contributed by atoms with Gasteiger partial charge in [0.25, 0.3) is 5.91 Å². The first-order valence-electron chi connectivity index (χ1n) is 10.6. The maximum absolute atomic E-state index is 13.4. The number of amides is 1. The molecule has 3 fully saturated rings. The molecule has 2 aromatic rings. The largest absolute Gasteiger partial charge is 0.387 e. The molecule has 11 heteroatoms. The minimum Gasteiger partial charge on any atom is -0.387 e. The third-order valence-electron chi connectivity index (χ3n) is 7.14. The predicted octanol–water partition coefficient (Wildman–Crippen LogP) is 4.21. The van der Waals surface area contributed by atoms with Crippen LogP contribution < -0.4 is 5.32 Å². The molecule has 0 spiro atoms. The van der Waals surface area contributed by atoms with E-state index in [0.717, 1.165) is 6.07 Å². The van der Waals surface area contributed by atoms with Crippen LogP contribution in [0.3, 0.4) is 0 Å². The van der Waals surface area contributed by atoms with Crippen molar-refractivity contribution in [3.63, 3.8) is 0 Å². The topological polar surface area (TPSA) is 92.7 Å². The Hall–Kier alpha value is -2.14. The van der Waals surface area contributed by atoms with Crippen molar-refractivity contribution in [3.05, 3.63) is 58.4 Å². The van der Waals surface area contributed by atoms with Gasteiger partial charge >= 0.3 is 0 Å². The molecule has 2 unspecified atom stereocenters. The van der Waals surface area contributed by atoms with Gasteiger partial charge < -0.3 is 15.2 Å². The molecule has 2 N–H and O–H groups in total. The number of aliphatic hydroxyl groups is 1. The zero-order valence-corrected chi connectivity index (χ0v) is 19.9. The average Bonchev–Trinajstić information content (AvgIpc) is 2.78. The van der Waals surface area contributed by atoms with Gasteiger partial charge in [0, 0.05) is 30.5 Å². The quantitative estimate of drug-likeness (QED) is 0.560. The van der Waals surface area contributed by atoms with Crippen LogP contribution >= 0.6 is 11.6 Å². The van der Waals surface area contributed by atoms with Crippen LogP contribution in [0, 0.1) is 35.2 Å². The molecule has 2 aromatic carbocycles. The zero-order valence-electron chi connectivity index (χ0n) is 18.3. The lowest BCUT2D eigenvalue weighted by Crippen LogP contribution is -2.68.